The van der Waals surface area contributed by atoms with Crippen molar-refractivity contribution in [2.24, 2.45) is 13.0 Å². The quantitative estimate of drug-likeness (QED) is 0.757. The molecule has 156 valence electrons. The molecule has 0 N–H and O–H groups in total. The molecule has 1 amide bonds. The topological polar surface area (TPSA) is 89.5 Å². The summed E-state index contributed by atoms with van der Waals surface area (Å²) in [6, 6.07) is 2.38. The minimum Gasteiger partial charge on any atom is -0.381 e. The highest BCUT2D eigenvalue weighted by atomic mass is 16.5. The van der Waals surface area contributed by atoms with Crippen LogP contribution in [0.25, 0.3) is 0 Å². The molecule has 0 bridgehead atoms. The highest BCUT2D eigenvalue weighted by Crippen LogP contribution is 2.45. The molecule has 2 atom stereocenters. The summed E-state index contributed by atoms with van der Waals surface area (Å²) in [5.41, 5.74) is 1.17. The Morgan fingerprint density at radius 2 is 2.00 bits per heavy atom. The van der Waals surface area contributed by atoms with Gasteiger partial charge >= 0.3 is 0 Å². The molecule has 3 saturated heterocycles. The molecule has 3 fully saturated rings. The first kappa shape index (κ1) is 18.7. The van der Waals surface area contributed by atoms with Crippen LogP contribution in [-0.4, -0.2) is 81.1 Å². The fourth-order valence-electron chi connectivity index (χ4n) is 5.22. The van der Waals surface area contributed by atoms with Crippen LogP contribution in [-0.2, 0) is 17.2 Å². The largest absolute Gasteiger partial charge is 0.381 e. The number of hydrogen-bond donors (Lipinski definition) is 0. The van der Waals surface area contributed by atoms with Crippen molar-refractivity contribution in [3.05, 3.63) is 29.2 Å². The van der Waals surface area contributed by atoms with Gasteiger partial charge in [-0.15, -0.1) is 0 Å². The van der Waals surface area contributed by atoms with Crippen LogP contribution in [0.15, 0.2) is 10.6 Å². The number of rotatable bonds is 3. The Morgan fingerprint density at radius 1 is 1.21 bits per heavy atom. The van der Waals surface area contributed by atoms with Crippen molar-refractivity contribution >= 4 is 5.91 Å². The average molecular weight is 400 g/mol. The van der Waals surface area contributed by atoms with Gasteiger partial charge in [-0.05, 0) is 32.8 Å². The molecule has 0 spiro atoms. The molecular weight excluding hydrogens is 372 g/mol. The van der Waals surface area contributed by atoms with Crippen LogP contribution in [0.5, 0.6) is 0 Å². The molecule has 9 heteroatoms. The predicted molar refractivity (Wildman–Crippen MR) is 103 cm³/mol. The van der Waals surface area contributed by atoms with Gasteiger partial charge in [-0.3, -0.25) is 14.4 Å². The number of carbonyl (C=O) groups excluding carboxylic acids is 1. The Morgan fingerprint density at radius 3 is 2.66 bits per heavy atom. The first-order valence-electron chi connectivity index (χ1n) is 10.4. The van der Waals surface area contributed by atoms with E-state index in [1.54, 1.807) is 4.68 Å². The highest BCUT2D eigenvalue weighted by molar-refractivity contribution is 5.92. The van der Waals surface area contributed by atoms with Gasteiger partial charge in [-0.25, -0.2) is 0 Å². The molecule has 0 aliphatic carbocycles. The molecule has 3 aliphatic rings. The van der Waals surface area contributed by atoms with E-state index in [-0.39, 0.29) is 17.2 Å². The number of likely N-dealkylation sites (tertiary alicyclic amines) is 2. The van der Waals surface area contributed by atoms with Gasteiger partial charge in [0.05, 0.1) is 5.41 Å². The number of amides is 1. The lowest BCUT2D eigenvalue weighted by Gasteiger charge is -2.33. The van der Waals surface area contributed by atoms with Gasteiger partial charge in [-0.2, -0.15) is 10.1 Å². The Bertz CT molecular complexity index is 898. The standard InChI is InChI=1S/C20H28N6O3/c1-13-8-17(22-24(13)3)18(27)26-10-15-9-25(16-4-6-28-7-5-16)11-20(15,12-26)19-21-14(2)23-29-19/h8,15-16H,4-7,9-12H2,1-3H3. The molecule has 29 heavy (non-hydrogen) atoms. The first-order valence-corrected chi connectivity index (χ1v) is 10.4. The van der Waals surface area contributed by atoms with Crippen molar-refractivity contribution in [1.82, 2.24) is 29.7 Å². The predicted octanol–water partition coefficient (Wildman–Crippen LogP) is 0.925. The van der Waals surface area contributed by atoms with Crippen LogP contribution in [0.4, 0.5) is 0 Å². The van der Waals surface area contributed by atoms with Crippen LogP contribution in [0.1, 0.15) is 40.7 Å². The zero-order valence-electron chi connectivity index (χ0n) is 17.3. The molecule has 0 saturated carbocycles. The normalized spacial score (nSPS) is 28.2. The van der Waals surface area contributed by atoms with E-state index in [9.17, 15) is 4.79 Å². The van der Waals surface area contributed by atoms with Gasteiger partial charge in [0, 0.05) is 64.1 Å². The number of nitrogens with zero attached hydrogens (tertiary/aromatic N) is 6. The maximum absolute atomic E-state index is 13.2. The summed E-state index contributed by atoms with van der Waals surface area (Å²) in [6.07, 6.45) is 2.11. The van der Waals surface area contributed by atoms with Crippen LogP contribution in [0, 0.1) is 19.8 Å². The third-order valence-corrected chi connectivity index (χ3v) is 6.92. The third kappa shape index (κ3) is 3.07. The second kappa shape index (κ2) is 6.91. The average Bonchev–Trinajstić information content (AvgIpc) is 3.45. The van der Waals surface area contributed by atoms with Crippen molar-refractivity contribution in [1.29, 1.82) is 0 Å². The zero-order chi connectivity index (χ0) is 20.2. The van der Waals surface area contributed by atoms with Crippen molar-refractivity contribution in [3.8, 4) is 0 Å². The van der Waals surface area contributed by atoms with Crippen molar-refractivity contribution in [2.45, 2.75) is 38.1 Å². The molecule has 0 radical (unpaired) electrons. The van der Waals surface area contributed by atoms with Crippen molar-refractivity contribution < 1.29 is 14.1 Å². The van der Waals surface area contributed by atoms with E-state index >= 15 is 0 Å². The molecular formula is C20H28N6O3. The summed E-state index contributed by atoms with van der Waals surface area (Å²) in [7, 11) is 1.86. The summed E-state index contributed by atoms with van der Waals surface area (Å²) < 4.78 is 13.0. The van der Waals surface area contributed by atoms with E-state index in [0.717, 1.165) is 44.8 Å². The van der Waals surface area contributed by atoms with Crippen molar-refractivity contribution in [3.63, 3.8) is 0 Å². The van der Waals surface area contributed by atoms with Gasteiger partial charge in [0.2, 0.25) is 5.89 Å². The maximum Gasteiger partial charge on any atom is 0.274 e. The Kier molecular flexibility index (Phi) is 4.47. The summed E-state index contributed by atoms with van der Waals surface area (Å²) >= 11 is 0. The molecule has 9 nitrogen and oxygen atoms in total. The summed E-state index contributed by atoms with van der Waals surface area (Å²) in [5.74, 6) is 1.57. The lowest BCUT2D eigenvalue weighted by molar-refractivity contribution is 0.0368. The number of fused-ring (bicyclic) bond motifs is 1. The lowest BCUT2D eigenvalue weighted by atomic mass is 9.81. The molecule has 5 rings (SSSR count). The zero-order valence-corrected chi connectivity index (χ0v) is 17.3. The fourth-order valence-corrected chi connectivity index (χ4v) is 5.22. The number of aromatic nitrogens is 4. The molecule has 5 heterocycles. The minimum absolute atomic E-state index is 0.0173. The SMILES string of the molecule is Cc1noc(C23CN(C(=O)c4cc(C)n(C)n4)CC2CN(C2CCOCC2)C3)n1. The van der Waals surface area contributed by atoms with Crippen LogP contribution < -0.4 is 0 Å². The Hall–Kier alpha value is -2.26. The smallest absolute Gasteiger partial charge is 0.274 e. The monoisotopic (exact) mass is 400 g/mol. The third-order valence-electron chi connectivity index (χ3n) is 6.92. The number of aryl methyl sites for hydroxylation is 3. The Balaban J connectivity index is 1.42. The molecule has 3 aliphatic heterocycles. The second-order valence-corrected chi connectivity index (χ2v) is 8.75. The van der Waals surface area contributed by atoms with E-state index in [1.165, 1.54) is 0 Å². The first-order chi connectivity index (χ1) is 14.0. The van der Waals surface area contributed by atoms with Crippen LogP contribution in [0.3, 0.4) is 0 Å². The lowest BCUT2D eigenvalue weighted by Crippen LogP contribution is -2.44. The van der Waals surface area contributed by atoms with Gasteiger partial charge in [0.15, 0.2) is 11.5 Å². The van der Waals surface area contributed by atoms with Gasteiger partial charge in [-0.1, -0.05) is 5.16 Å². The number of hydrogen-bond acceptors (Lipinski definition) is 7. The number of carbonyl (C=O) groups is 1. The van der Waals surface area contributed by atoms with Gasteiger partial charge < -0.3 is 14.2 Å². The molecule has 2 unspecified atom stereocenters. The number of ether oxygens (including phenoxy) is 1. The molecule has 2 aromatic heterocycles. The van der Waals surface area contributed by atoms with Crippen LogP contribution >= 0.6 is 0 Å². The van der Waals surface area contributed by atoms with E-state index in [4.69, 9.17) is 9.26 Å². The second-order valence-electron chi connectivity index (χ2n) is 8.75. The Labute approximate surface area is 170 Å². The summed E-state index contributed by atoms with van der Waals surface area (Å²) in [4.78, 5) is 22.2. The van der Waals surface area contributed by atoms with Crippen LogP contribution in [0.2, 0.25) is 0 Å². The van der Waals surface area contributed by atoms with E-state index in [0.29, 0.717) is 36.5 Å². The highest BCUT2D eigenvalue weighted by Gasteiger charge is 2.58. The molecule has 0 aromatic carbocycles. The molecule has 2 aromatic rings. The summed E-state index contributed by atoms with van der Waals surface area (Å²) in [6.45, 7) is 8.51. The maximum atomic E-state index is 13.2. The summed E-state index contributed by atoms with van der Waals surface area (Å²) in [5, 5.41) is 8.44. The van der Waals surface area contributed by atoms with Crippen molar-refractivity contribution in [2.75, 3.05) is 39.4 Å². The van der Waals surface area contributed by atoms with Gasteiger partial charge in [0.25, 0.3) is 5.91 Å². The van der Waals surface area contributed by atoms with Gasteiger partial charge in [0.1, 0.15) is 0 Å². The minimum atomic E-state index is -0.306. The fraction of sp³-hybridized carbons (Fsp3) is 0.700. The van der Waals surface area contributed by atoms with E-state index in [1.807, 2.05) is 31.9 Å². The van der Waals surface area contributed by atoms with E-state index in [2.05, 4.69) is 20.1 Å². The van der Waals surface area contributed by atoms with E-state index < -0.39 is 0 Å².